The Kier molecular flexibility index (Phi) is 3.50. The van der Waals surface area contributed by atoms with Crippen LogP contribution < -0.4 is 0 Å². The summed E-state index contributed by atoms with van der Waals surface area (Å²) in [4.78, 5) is 15.5. The number of aromatic nitrogens is 3. The normalized spacial score (nSPS) is 16.8. The first-order valence-corrected chi connectivity index (χ1v) is 9.36. The number of benzene rings is 1. The van der Waals surface area contributed by atoms with Crippen LogP contribution in [0.25, 0.3) is 32.5 Å². The zero-order chi connectivity index (χ0) is 17.7. The Labute approximate surface area is 152 Å². The van der Waals surface area contributed by atoms with E-state index < -0.39 is 5.92 Å². The van der Waals surface area contributed by atoms with Gasteiger partial charge in [0.2, 0.25) is 5.92 Å². The standard InChI is InChI=1S/C20H15F2N3S/c21-20(22)10-12(11-20)7-15-8-14-2-3-16(25-19(14)26-15)13-1-4-17-18(9-13)24-6-5-23-17/h1-6,8-9,12H,7,10-11H2. The zero-order valence-corrected chi connectivity index (χ0v) is 14.6. The SMILES string of the molecule is FC1(F)CC(Cc2cc3ccc(-c4ccc5nccnc5c4)nc3s2)C1. The van der Waals surface area contributed by atoms with E-state index in [1.165, 1.54) is 0 Å². The molecule has 4 aromatic rings. The van der Waals surface area contributed by atoms with Crippen LogP contribution in [-0.4, -0.2) is 20.9 Å². The maximum absolute atomic E-state index is 13.0. The minimum absolute atomic E-state index is 0.0120. The summed E-state index contributed by atoms with van der Waals surface area (Å²) < 4.78 is 26.1. The third-order valence-electron chi connectivity index (χ3n) is 4.86. The van der Waals surface area contributed by atoms with Gasteiger partial charge in [-0.3, -0.25) is 9.97 Å². The number of alkyl halides is 2. The molecule has 3 aromatic heterocycles. The number of nitrogens with zero attached hydrogens (tertiary/aromatic N) is 3. The van der Waals surface area contributed by atoms with Crippen LogP contribution in [0.3, 0.4) is 0 Å². The summed E-state index contributed by atoms with van der Waals surface area (Å²) in [5, 5.41) is 1.07. The first-order valence-electron chi connectivity index (χ1n) is 8.54. The van der Waals surface area contributed by atoms with E-state index in [1.807, 2.05) is 30.3 Å². The highest BCUT2D eigenvalue weighted by molar-refractivity contribution is 7.18. The molecule has 0 amide bonds. The average molecular weight is 367 g/mol. The van der Waals surface area contributed by atoms with Gasteiger partial charge in [0.15, 0.2) is 0 Å². The molecule has 0 saturated heterocycles. The van der Waals surface area contributed by atoms with Gasteiger partial charge in [0.25, 0.3) is 0 Å². The maximum Gasteiger partial charge on any atom is 0.248 e. The van der Waals surface area contributed by atoms with E-state index in [9.17, 15) is 8.78 Å². The predicted octanol–water partition coefficient (Wildman–Crippen LogP) is 5.49. The average Bonchev–Trinajstić information content (AvgIpc) is 3.01. The highest BCUT2D eigenvalue weighted by Gasteiger charge is 2.45. The van der Waals surface area contributed by atoms with E-state index >= 15 is 0 Å². The number of hydrogen-bond donors (Lipinski definition) is 0. The van der Waals surface area contributed by atoms with Gasteiger partial charge in [0.05, 0.1) is 16.7 Å². The minimum atomic E-state index is -2.45. The van der Waals surface area contributed by atoms with Crippen LogP contribution in [0.2, 0.25) is 0 Å². The van der Waals surface area contributed by atoms with Crippen molar-refractivity contribution in [1.29, 1.82) is 0 Å². The Hall–Kier alpha value is -2.47. The van der Waals surface area contributed by atoms with Crippen molar-refractivity contribution in [2.24, 2.45) is 5.92 Å². The van der Waals surface area contributed by atoms with Crippen LogP contribution in [0.4, 0.5) is 8.78 Å². The van der Waals surface area contributed by atoms with Crippen LogP contribution in [0, 0.1) is 5.92 Å². The molecule has 0 unspecified atom stereocenters. The first kappa shape index (κ1) is 15.8. The summed E-state index contributed by atoms with van der Waals surface area (Å²) in [6.45, 7) is 0. The molecule has 0 N–H and O–H groups in total. The second-order valence-electron chi connectivity index (χ2n) is 6.90. The molecule has 3 heterocycles. The van der Waals surface area contributed by atoms with Gasteiger partial charge in [0.1, 0.15) is 4.83 Å². The fraction of sp³-hybridized carbons (Fsp3) is 0.250. The molecule has 0 atom stereocenters. The Morgan fingerprint density at radius 2 is 1.81 bits per heavy atom. The van der Waals surface area contributed by atoms with E-state index in [0.717, 1.165) is 43.8 Å². The van der Waals surface area contributed by atoms with Gasteiger partial charge in [-0.15, -0.1) is 11.3 Å². The lowest BCUT2D eigenvalue weighted by atomic mass is 9.79. The van der Waals surface area contributed by atoms with Crippen molar-refractivity contribution in [3.63, 3.8) is 0 Å². The second kappa shape index (κ2) is 5.77. The molecule has 0 spiro atoms. The Morgan fingerprint density at radius 1 is 1.00 bits per heavy atom. The molecule has 5 rings (SSSR count). The third-order valence-corrected chi connectivity index (χ3v) is 5.93. The van der Waals surface area contributed by atoms with E-state index in [-0.39, 0.29) is 18.8 Å². The number of pyridine rings is 1. The van der Waals surface area contributed by atoms with Crippen LogP contribution in [0.5, 0.6) is 0 Å². The van der Waals surface area contributed by atoms with Gasteiger partial charge in [-0.2, -0.15) is 0 Å². The molecule has 1 aromatic carbocycles. The minimum Gasteiger partial charge on any atom is -0.253 e. The molecule has 1 aliphatic rings. The molecule has 1 saturated carbocycles. The van der Waals surface area contributed by atoms with Crippen LogP contribution >= 0.6 is 11.3 Å². The molecule has 6 heteroatoms. The summed E-state index contributed by atoms with van der Waals surface area (Å²) in [7, 11) is 0. The quantitative estimate of drug-likeness (QED) is 0.480. The lowest BCUT2D eigenvalue weighted by molar-refractivity contribution is -0.109. The number of fused-ring (bicyclic) bond motifs is 2. The molecular formula is C20H15F2N3S. The van der Waals surface area contributed by atoms with Crippen molar-refractivity contribution in [3.05, 3.63) is 53.7 Å². The van der Waals surface area contributed by atoms with Gasteiger partial charge in [-0.1, -0.05) is 6.07 Å². The monoisotopic (exact) mass is 367 g/mol. The van der Waals surface area contributed by atoms with E-state index in [4.69, 9.17) is 4.98 Å². The van der Waals surface area contributed by atoms with Crippen LogP contribution in [0.1, 0.15) is 17.7 Å². The van der Waals surface area contributed by atoms with Crippen molar-refractivity contribution < 1.29 is 8.78 Å². The number of thiophene rings is 1. The second-order valence-corrected chi connectivity index (χ2v) is 8.01. The van der Waals surface area contributed by atoms with Gasteiger partial charge < -0.3 is 0 Å². The number of halogens is 2. The molecule has 130 valence electrons. The molecule has 3 nitrogen and oxygen atoms in total. The molecule has 0 aliphatic heterocycles. The van der Waals surface area contributed by atoms with Gasteiger partial charge in [0, 0.05) is 41.1 Å². The van der Waals surface area contributed by atoms with E-state index in [0.29, 0.717) is 0 Å². The Balaban J connectivity index is 1.45. The largest absolute Gasteiger partial charge is 0.253 e. The molecule has 0 radical (unpaired) electrons. The Morgan fingerprint density at radius 3 is 2.62 bits per heavy atom. The molecule has 26 heavy (non-hydrogen) atoms. The summed E-state index contributed by atoms with van der Waals surface area (Å²) in [6, 6.07) is 12.1. The maximum atomic E-state index is 13.0. The topological polar surface area (TPSA) is 38.7 Å². The summed E-state index contributed by atoms with van der Waals surface area (Å²) in [6.07, 6.45) is 4.10. The highest BCUT2D eigenvalue weighted by atomic mass is 32.1. The van der Waals surface area contributed by atoms with Gasteiger partial charge >= 0.3 is 0 Å². The fourth-order valence-corrected chi connectivity index (χ4v) is 4.71. The highest BCUT2D eigenvalue weighted by Crippen LogP contribution is 2.44. The summed E-state index contributed by atoms with van der Waals surface area (Å²) in [5.74, 6) is -2.36. The number of rotatable bonds is 3. The third kappa shape index (κ3) is 2.84. The molecular weight excluding hydrogens is 352 g/mol. The fourth-order valence-electron chi connectivity index (χ4n) is 3.57. The van der Waals surface area contributed by atoms with Crippen molar-refractivity contribution in [1.82, 2.24) is 15.0 Å². The first-order chi connectivity index (χ1) is 12.6. The van der Waals surface area contributed by atoms with Crippen LogP contribution in [-0.2, 0) is 6.42 Å². The van der Waals surface area contributed by atoms with Crippen molar-refractivity contribution in [2.45, 2.75) is 25.2 Å². The molecule has 0 bridgehead atoms. The van der Waals surface area contributed by atoms with Crippen molar-refractivity contribution in [2.75, 3.05) is 0 Å². The summed E-state index contributed by atoms with van der Waals surface area (Å²) >= 11 is 1.60. The molecule has 1 fully saturated rings. The van der Waals surface area contributed by atoms with E-state index in [1.54, 1.807) is 23.7 Å². The number of hydrogen-bond acceptors (Lipinski definition) is 4. The smallest absolute Gasteiger partial charge is 0.248 e. The van der Waals surface area contributed by atoms with E-state index in [2.05, 4.69) is 16.0 Å². The summed E-state index contributed by atoms with van der Waals surface area (Å²) in [5.41, 5.74) is 3.57. The molecule has 1 aliphatic carbocycles. The van der Waals surface area contributed by atoms with Crippen molar-refractivity contribution in [3.8, 4) is 11.3 Å². The van der Waals surface area contributed by atoms with Gasteiger partial charge in [-0.25, -0.2) is 13.8 Å². The van der Waals surface area contributed by atoms with Crippen LogP contribution in [0.15, 0.2) is 48.8 Å². The Bertz CT molecular complexity index is 1110. The van der Waals surface area contributed by atoms with Gasteiger partial charge in [-0.05, 0) is 42.7 Å². The predicted molar refractivity (Wildman–Crippen MR) is 99.5 cm³/mol. The van der Waals surface area contributed by atoms with Crippen molar-refractivity contribution >= 4 is 32.6 Å². The zero-order valence-electron chi connectivity index (χ0n) is 13.8. The lowest BCUT2D eigenvalue weighted by Crippen LogP contribution is -2.36. The lowest BCUT2D eigenvalue weighted by Gasteiger charge is -2.34.